The summed E-state index contributed by atoms with van der Waals surface area (Å²) in [5, 5.41) is 3.06. The summed E-state index contributed by atoms with van der Waals surface area (Å²) < 4.78 is 26.4. The van der Waals surface area contributed by atoms with Crippen LogP contribution in [0.4, 0.5) is 0 Å². The van der Waals surface area contributed by atoms with Crippen LogP contribution in [0.25, 0.3) is 21.7 Å². The zero-order chi connectivity index (χ0) is 21.1. The summed E-state index contributed by atoms with van der Waals surface area (Å²) in [5.74, 6) is 0.0373. The van der Waals surface area contributed by atoms with E-state index >= 15 is 0 Å². The minimum Gasteiger partial charge on any atom is -0.293 e. The van der Waals surface area contributed by atoms with E-state index in [-0.39, 0.29) is 5.78 Å². The molecule has 0 unspecified atom stereocenters. The Kier molecular flexibility index (Phi) is 4.16. The van der Waals surface area contributed by atoms with Crippen molar-refractivity contribution in [1.82, 2.24) is 3.97 Å². The summed E-state index contributed by atoms with van der Waals surface area (Å²) in [5.41, 5.74) is 2.36. The van der Waals surface area contributed by atoms with Crippen molar-refractivity contribution < 1.29 is 13.2 Å². The first-order valence-electron chi connectivity index (χ1n) is 10.1. The lowest BCUT2D eigenvalue weighted by atomic mass is 9.69. The van der Waals surface area contributed by atoms with Crippen LogP contribution in [0.5, 0.6) is 0 Å². The van der Waals surface area contributed by atoms with E-state index in [2.05, 4.69) is 24.3 Å². The van der Waals surface area contributed by atoms with E-state index in [9.17, 15) is 13.2 Å². The average molecular weight is 418 g/mol. The molecule has 0 amide bonds. The standard InChI is InChI=1S/C25H23NO3S/c1-25(16-18-10-7-9-17-8-3-4-11-19(17)18)15-14-22-23(24(25)27)20-12-5-6-13-21(20)26(22)30(2,28)29/h3-13H,14-16H2,1-2H3/t25-/m1/s1. The normalized spacial score (nSPS) is 19.3. The Labute approximate surface area is 176 Å². The number of rotatable bonds is 3. The van der Waals surface area contributed by atoms with Gasteiger partial charge in [0.15, 0.2) is 5.78 Å². The molecule has 0 aliphatic heterocycles. The van der Waals surface area contributed by atoms with Crippen LogP contribution < -0.4 is 0 Å². The van der Waals surface area contributed by atoms with Crippen molar-refractivity contribution in [3.63, 3.8) is 0 Å². The van der Waals surface area contributed by atoms with Gasteiger partial charge in [0.1, 0.15) is 0 Å². The highest BCUT2D eigenvalue weighted by molar-refractivity contribution is 7.89. The highest BCUT2D eigenvalue weighted by Gasteiger charge is 2.42. The number of benzene rings is 3. The predicted molar refractivity (Wildman–Crippen MR) is 121 cm³/mol. The molecule has 5 rings (SSSR count). The van der Waals surface area contributed by atoms with Crippen LogP contribution in [-0.2, 0) is 22.9 Å². The van der Waals surface area contributed by atoms with Crippen LogP contribution in [0, 0.1) is 5.41 Å². The molecular weight excluding hydrogens is 394 g/mol. The van der Waals surface area contributed by atoms with Crippen molar-refractivity contribution in [3.05, 3.63) is 83.6 Å². The van der Waals surface area contributed by atoms with Crippen molar-refractivity contribution in [3.8, 4) is 0 Å². The molecule has 0 fully saturated rings. The molecule has 30 heavy (non-hydrogen) atoms. The van der Waals surface area contributed by atoms with Gasteiger partial charge in [-0.1, -0.05) is 67.6 Å². The van der Waals surface area contributed by atoms with Gasteiger partial charge in [0.2, 0.25) is 10.0 Å². The Bertz CT molecular complexity index is 1430. The van der Waals surface area contributed by atoms with Crippen LogP contribution in [0.3, 0.4) is 0 Å². The minimum atomic E-state index is -3.51. The molecule has 0 radical (unpaired) electrons. The van der Waals surface area contributed by atoms with E-state index < -0.39 is 15.4 Å². The number of nitrogens with zero attached hydrogens (tertiary/aromatic N) is 1. The quantitative estimate of drug-likeness (QED) is 0.472. The Morgan fingerprint density at radius 1 is 0.933 bits per heavy atom. The number of Topliss-reactive ketones (excluding diaryl/α,β-unsaturated/α-hetero) is 1. The highest BCUT2D eigenvalue weighted by Crippen LogP contribution is 2.43. The summed E-state index contributed by atoms with van der Waals surface area (Å²) in [7, 11) is -3.51. The average Bonchev–Trinajstić information content (AvgIpc) is 3.06. The smallest absolute Gasteiger partial charge is 0.236 e. The summed E-state index contributed by atoms with van der Waals surface area (Å²) in [6, 6.07) is 21.8. The van der Waals surface area contributed by atoms with E-state index in [1.54, 1.807) is 6.07 Å². The molecule has 0 N–H and O–H groups in total. The molecule has 5 heteroatoms. The maximum Gasteiger partial charge on any atom is 0.236 e. The van der Waals surface area contributed by atoms with E-state index in [1.807, 2.05) is 43.3 Å². The topological polar surface area (TPSA) is 56.1 Å². The lowest BCUT2D eigenvalue weighted by Crippen LogP contribution is -2.36. The van der Waals surface area contributed by atoms with E-state index in [0.717, 1.165) is 16.3 Å². The van der Waals surface area contributed by atoms with Gasteiger partial charge in [-0.15, -0.1) is 0 Å². The van der Waals surface area contributed by atoms with Gasteiger partial charge in [0.25, 0.3) is 0 Å². The molecule has 152 valence electrons. The molecule has 0 saturated heterocycles. The zero-order valence-electron chi connectivity index (χ0n) is 17.1. The third-order valence-corrected chi connectivity index (χ3v) is 7.49. The number of para-hydroxylation sites is 1. The van der Waals surface area contributed by atoms with Crippen LogP contribution in [0.2, 0.25) is 0 Å². The largest absolute Gasteiger partial charge is 0.293 e. The Hall–Kier alpha value is -2.92. The Morgan fingerprint density at radius 2 is 1.60 bits per heavy atom. The first kappa shape index (κ1) is 19.1. The van der Waals surface area contributed by atoms with Gasteiger partial charge in [-0.05, 0) is 41.7 Å². The minimum absolute atomic E-state index is 0.0373. The molecule has 1 atom stereocenters. The number of ketones is 1. The maximum absolute atomic E-state index is 13.8. The predicted octanol–water partition coefficient (Wildman–Crippen LogP) is 4.98. The van der Waals surface area contributed by atoms with Crippen LogP contribution in [0.1, 0.15) is 35.0 Å². The summed E-state index contributed by atoms with van der Waals surface area (Å²) in [6.45, 7) is 2.02. The van der Waals surface area contributed by atoms with Crippen molar-refractivity contribution in [1.29, 1.82) is 0 Å². The van der Waals surface area contributed by atoms with Crippen LogP contribution >= 0.6 is 0 Å². The highest BCUT2D eigenvalue weighted by atomic mass is 32.2. The first-order valence-corrected chi connectivity index (χ1v) is 12.0. The fraction of sp³-hybridized carbons (Fsp3) is 0.240. The summed E-state index contributed by atoms with van der Waals surface area (Å²) in [4.78, 5) is 13.8. The maximum atomic E-state index is 13.8. The first-order chi connectivity index (χ1) is 14.3. The second kappa shape index (κ2) is 6.54. The van der Waals surface area contributed by atoms with E-state index in [0.29, 0.717) is 36.0 Å². The van der Waals surface area contributed by atoms with Crippen molar-refractivity contribution in [2.45, 2.75) is 26.2 Å². The number of fused-ring (bicyclic) bond motifs is 4. The third kappa shape index (κ3) is 2.80. The fourth-order valence-corrected chi connectivity index (χ4v) is 6.07. The van der Waals surface area contributed by atoms with Crippen molar-refractivity contribution in [2.24, 2.45) is 5.41 Å². The monoisotopic (exact) mass is 417 g/mol. The van der Waals surface area contributed by atoms with Gasteiger partial charge in [0, 0.05) is 22.1 Å². The summed E-state index contributed by atoms with van der Waals surface area (Å²) >= 11 is 0. The Morgan fingerprint density at radius 3 is 2.37 bits per heavy atom. The second-order valence-electron chi connectivity index (χ2n) is 8.57. The molecule has 1 aliphatic rings. The van der Waals surface area contributed by atoms with Crippen LogP contribution in [0.15, 0.2) is 66.7 Å². The van der Waals surface area contributed by atoms with E-state index in [4.69, 9.17) is 0 Å². The fourth-order valence-electron chi connectivity index (χ4n) is 4.97. The molecule has 3 aromatic carbocycles. The van der Waals surface area contributed by atoms with Crippen LogP contribution in [-0.4, -0.2) is 24.4 Å². The number of aromatic nitrogens is 1. The van der Waals surface area contributed by atoms with Gasteiger partial charge >= 0.3 is 0 Å². The lowest BCUT2D eigenvalue weighted by Gasteiger charge is -2.33. The number of hydrogen-bond acceptors (Lipinski definition) is 3. The number of carbonyl (C=O) groups is 1. The molecule has 1 aliphatic carbocycles. The van der Waals surface area contributed by atoms with Gasteiger partial charge in [-0.2, -0.15) is 0 Å². The second-order valence-corrected chi connectivity index (χ2v) is 10.4. The molecule has 4 nitrogen and oxygen atoms in total. The number of hydrogen-bond donors (Lipinski definition) is 0. The van der Waals surface area contributed by atoms with Crippen molar-refractivity contribution in [2.75, 3.05) is 6.26 Å². The van der Waals surface area contributed by atoms with Gasteiger partial charge in [-0.3, -0.25) is 4.79 Å². The third-order valence-electron chi connectivity index (χ3n) is 6.41. The molecule has 0 saturated carbocycles. The Balaban J connectivity index is 1.67. The molecule has 1 aromatic heterocycles. The van der Waals surface area contributed by atoms with E-state index in [1.165, 1.54) is 15.6 Å². The number of carbonyl (C=O) groups excluding carboxylic acids is 1. The molecular formula is C25H23NO3S. The van der Waals surface area contributed by atoms with Crippen molar-refractivity contribution >= 4 is 37.5 Å². The summed E-state index contributed by atoms with van der Waals surface area (Å²) in [6.07, 6.45) is 3.01. The SMILES string of the molecule is C[C@]1(Cc2cccc3ccccc23)CCc2c(c3ccccc3n2S(C)(=O)=O)C1=O. The molecule has 0 bridgehead atoms. The molecule has 1 heterocycles. The molecule has 4 aromatic rings. The van der Waals surface area contributed by atoms with Gasteiger partial charge in [0.05, 0.1) is 11.8 Å². The molecule has 0 spiro atoms. The zero-order valence-corrected chi connectivity index (χ0v) is 17.9. The van der Waals surface area contributed by atoms with Gasteiger partial charge in [-0.25, -0.2) is 12.4 Å². The lowest BCUT2D eigenvalue weighted by molar-refractivity contribution is 0.0786. The van der Waals surface area contributed by atoms with Gasteiger partial charge < -0.3 is 0 Å².